The number of hydrogen-bond donors (Lipinski definition) is 3. The summed E-state index contributed by atoms with van der Waals surface area (Å²) in [6.07, 6.45) is 1.47. The van der Waals surface area contributed by atoms with Crippen LogP contribution in [0.15, 0.2) is 18.3 Å². The zero-order valence-electron chi connectivity index (χ0n) is 8.47. The Kier molecular flexibility index (Phi) is 4.02. The minimum absolute atomic E-state index is 0.0648. The highest BCUT2D eigenvalue weighted by molar-refractivity contribution is 5.92. The maximum Gasteiger partial charge on any atom is 0.272 e. The van der Waals surface area contributed by atoms with Crippen molar-refractivity contribution in [1.82, 2.24) is 9.88 Å². The van der Waals surface area contributed by atoms with Gasteiger partial charge in [0.2, 0.25) is 0 Å². The third-order valence-electron chi connectivity index (χ3n) is 1.93. The van der Waals surface area contributed by atoms with E-state index in [0.717, 1.165) is 0 Å². The van der Waals surface area contributed by atoms with Crippen LogP contribution in [0.2, 0.25) is 0 Å². The highest BCUT2D eigenvalue weighted by Crippen LogP contribution is 2.05. The lowest BCUT2D eigenvalue weighted by molar-refractivity contribution is 0.0761. The minimum atomic E-state index is -0.229. The topological polar surface area (TPSA) is 91.5 Å². The molecule has 6 heteroatoms. The minimum Gasteiger partial charge on any atom is -0.395 e. The van der Waals surface area contributed by atoms with E-state index >= 15 is 0 Å². The number of amides is 1. The molecule has 0 spiro atoms. The van der Waals surface area contributed by atoms with Crippen LogP contribution in [-0.2, 0) is 0 Å². The lowest BCUT2D eigenvalue weighted by Gasteiger charge is -2.14. The Hall–Kier alpha value is -1.66. The molecular formula is C9H14N4O2. The Morgan fingerprint density at radius 2 is 2.40 bits per heavy atom. The molecule has 0 bridgehead atoms. The highest BCUT2D eigenvalue weighted by atomic mass is 16.3. The predicted molar refractivity (Wildman–Crippen MR) is 56.1 cm³/mol. The molecule has 1 aromatic rings. The summed E-state index contributed by atoms with van der Waals surface area (Å²) in [7, 11) is 1.61. The Morgan fingerprint density at radius 3 is 2.87 bits per heavy atom. The van der Waals surface area contributed by atoms with Crippen LogP contribution in [0.4, 0.5) is 5.69 Å². The van der Waals surface area contributed by atoms with Gasteiger partial charge in [0.25, 0.3) is 5.91 Å². The van der Waals surface area contributed by atoms with Crippen molar-refractivity contribution in [2.24, 2.45) is 5.84 Å². The number of aliphatic hydroxyl groups excluding tert-OH is 1. The van der Waals surface area contributed by atoms with Crippen LogP contribution >= 0.6 is 0 Å². The molecule has 1 amide bonds. The first-order valence-electron chi connectivity index (χ1n) is 4.48. The van der Waals surface area contributed by atoms with Gasteiger partial charge in [-0.2, -0.15) is 0 Å². The zero-order chi connectivity index (χ0) is 11.3. The number of aromatic nitrogens is 1. The summed E-state index contributed by atoms with van der Waals surface area (Å²) in [5, 5.41) is 8.67. The quantitative estimate of drug-likeness (QED) is 0.457. The molecule has 0 aromatic carbocycles. The number of hydrogen-bond acceptors (Lipinski definition) is 5. The zero-order valence-corrected chi connectivity index (χ0v) is 8.47. The van der Waals surface area contributed by atoms with Crippen molar-refractivity contribution in [1.29, 1.82) is 0 Å². The average molecular weight is 210 g/mol. The van der Waals surface area contributed by atoms with Crippen LogP contribution in [0.25, 0.3) is 0 Å². The van der Waals surface area contributed by atoms with E-state index in [1.165, 1.54) is 11.1 Å². The number of anilines is 1. The molecule has 1 heterocycles. The second kappa shape index (κ2) is 5.28. The summed E-state index contributed by atoms with van der Waals surface area (Å²) < 4.78 is 0. The molecular weight excluding hydrogens is 196 g/mol. The lowest BCUT2D eigenvalue weighted by atomic mass is 10.3. The van der Waals surface area contributed by atoms with E-state index in [2.05, 4.69) is 10.4 Å². The van der Waals surface area contributed by atoms with E-state index in [4.69, 9.17) is 10.9 Å². The molecule has 0 aliphatic rings. The number of likely N-dealkylation sites (N-methyl/N-ethyl adjacent to an activating group) is 1. The molecule has 1 aromatic heterocycles. The smallest absolute Gasteiger partial charge is 0.272 e. The number of nitrogens with one attached hydrogen (secondary N) is 1. The van der Waals surface area contributed by atoms with Crippen molar-refractivity contribution < 1.29 is 9.90 Å². The van der Waals surface area contributed by atoms with E-state index in [-0.39, 0.29) is 19.1 Å². The maximum atomic E-state index is 11.6. The van der Waals surface area contributed by atoms with E-state index in [9.17, 15) is 4.79 Å². The van der Waals surface area contributed by atoms with Gasteiger partial charge in [0.05, 0.1) is 18.5 Å². The van der Waals surface area contributed by atoms with Crippen LogP contribution in [-0.4, -0.2) is 41.1 Å². The number of carbonyl (C=O) groups excluding carboxylic acids is 1. The van der Waals surface area contributed by atoms with Gasteiger partial charge >= 0.3 is 0 Å². The van der Waals surface area contributed by atoms with Crippen LogP contribution in [0.5, 0.6) is 0 Å². The molecule has 0 saturated carbocycles. The van der Waals surface area contributed by atoms with Gasteiger partial charge in [-0.1, -0.05) is 0 Å². The molecule has 6 nitrogen and oxygen atoms in total. The van der Waals surface area contributed by atoms with Crippen molar-refractivity contribution in [3.8, 4) is 0 Å². The molecule has 0 aliphatic heterocycles. The van der Waals surface area contributed by atoms with E-state index in [1.807, 2.05) is 0 Å². The second-order valence-electron chi connectivity index (χ2n) is 3.03. The van der Waals surface area contributed by atoms with Gasteiger partial charge in [0.15, 0.2) is 0 Å². The number of nitrogen functional groups attached to an aromatic ring is 1. The highest BCUT2D eigenvalue weighted by Gasteiger charge is 2.11. The maximum absolute atomic E-state index is 11.6. The number of carbonyl (C=O) groups is 1. The molecule has 0 fully saturated rings. The fourth-order valence-electron chi connectivity index (χ4n) is 1.05. The SMILES string of the molecule is CN(CCO)C(=O)c1ccc(NN)cn1. The first kappa shape index (κ1) is 11.4. The molecule has 0 unspecified atom stereocenters. The fourth-order valence-corrected chi connectivity index (χ4v) is 1.05. The van der Waals surface area contributed by atoms with E-state index in [1.54, 1.807) is 19.2 Å². The van der Waals surface area contributed by atoms with Crippen molar-refractivity contribution in [3.05, 3.63) is 24.0 Å². The lowest BCUT2D eigenvalue weighted by Crippen LogP contribution is -2.30. The van der Waals surface area contributed by atoms with Gasteiger partial charge in [0, 0.05) is 13.6 Å². The molecule has 15 heavy (non-hydrogen) atoms. The summed E-state index contributed by atoms with van der Waals surface area (Å²) in [6.45, 7) is 0.224. The van der Waals surface area contributed by atoms with Gasteiger partial charge in [-0.05, 0) is 12.1 Å². The molecule has 0 atom stereocenters. The first-order chi connectivity index (χ1) is 7.19. The summed E-state index contributed by atoms with van der Waals surface area (Å²) in [4.78, 5) is 17.0. The van der Waals surface area contributed by atoms with Gasteiger partial charge in [-0.25, -0.2) is 4.98 Å². The number of nitrogens with two attached hydrogens (primary N) is 1. The molecule has 0 aliphatic carbocycles. The standard InChI is InChI=1S/C9H14N4O2/c1-13(4-5-14)9(15)8-3-2-7(12-10)6-11-8/h2-3,6,12,14H,4-5,10H2,1H3. The van der Waals surface area contributed by atoms with E-state index < -0.39 is 0 Å². The number of hydrazine groups is 1. The Labute approximate surface area is 87.7 Å². The van der Waals surface area contributed by atoms with Crippen molar-refractivity contribution in [2.45, 2.75) is 0 Å². The molecule has 0 saturated heterocycles. The number of pyridine rings is 1. The molecule has 4 N–H and O–H groups in total. The van der Waals surface area contributed by atoms with Crippen molar-refractivity contribution in [2.75, 3.05) is 25.6 Å². The van der Waals surface area contributed by atoms with Crippen LogP contribution < -0.4 is 11.3 Å². The van der Waals surface area contributed by atoms with Gasteiger partial charge in [0.1, 0.15) is 5.69 Å². The Morgan fingerprint density at radius 1 is 1.67 bits per heavy atom. The van der Waals surface area contributed by atoms with Crippen LogP contribution in [0.1, 0.15) is 10.5 Å². The van der Waals surface area contributed by atoms with Crippen LogP contribution in [0, 0.1) is 0 Å². The van der Waals surface area contributed by atoms with Gasteiger partial charge in [-0.15, -0.1) is 0 Å². The van der Waals surface area contributed by atoms with Crippen LogP contribution in [0.3, 0.4) is 0 Å². The second-order valence-corrected chi connectivity index (χ2v) is 3.03. The van der Waals surface area contributed by atoms with Gasteiger partial charge < -0.3 is 15.4 Å². The predicted octanol–water partition coefficient (Wildman–Crippen LogP) is -0.569. The third-order valence-corrected chi connectivity index (χ3v) is 1.93. The number of rotatable bonds is 4. The number of nitrogens with zero attached hydrogens (tertiary/aromatic N) is 2. The molecule has 0 radical (unpaired) electrons. The largest absolute Gasteiger partial charge is 0.395 e. The normalized spacial score (nSPS) is 9.80. The third kappa shape index (κ3) is 2.90. The molecule has 82 valence electrons. The van der Waals surface area contributed by atoms with Gasteiger partial charge in [-0.3, -0.25) is 10.6 Å². The molecule has 1 rings (SSSR count). The van der Waals surface area contributed by atoms with Crippen molar-refractivity contribution >= 4 is 11.6 Å². The summed E-state index contributed by atoms with van der Waals surface area (Å²) in [5.74, 6) is 4.94. The Balaban J connectivity index is 2.73. The fraction of sp³-hybridized carbons (Fsp3) is 0.333. The summed E-state index contributed by atoms with van der Waals surface area (Å²) in [5.41, 5.74) is 3.38. The first-order valence-corrected chi connectivity index (χ1v) is 4.48. The summed E-state index contributed by atoms with van der Waals surface area (Å²) in [6, 6.07) is 3.23. The number of aliphatic hydroxyl groups is 1. The average Bonchev–Trinajstić information content (AvgIpc) is 2.28. The van der Waals surface area contributed by atoms with Crippen molar-refractivity contribution in [3.63, 3.8) is 0 Å². The van der Waals surface area contributed by atoms with E-state index in [0.29, 0.717) is 11.4 Å². The summed E-state index contributed by atoms with van der Waals surface area (Å²) >= 11 is 0. The monoisotopic (exact) mass is 210 g/mol. The Bertz CT molecular complexity index is 325.